The first-order valence-electron chi connectivity index (χ1n) is 9.71. The first kappa shape index (κ1) is 19.4. The lowest BCUT2D eigenvalue weighted by Gasteiger charge is -2.41. The molecule has 0 fully saturated rings. The highest BCUT2D eigenvalue weighted by atomic mass is 35.5. The number of benzene rings is 2. The number of hydrogen-bond acceptors (Lipinski definition) is 5. The molecular weight excluding hydrogens is 420 g/mol. The highest BCUT2D eigenvalue weighted by Crippen LogP contribution is 2.47. The Bertz CT molecular complexity index is 1200. The van der Waals surface area contributed by atoms with Crippen molar-refractivity contribution in [1.29, 1.82) is 0 Å². The molecular formula is C23H17ClN2O5. The van der Waals surface area contributed by atoms with Crippen LogP contribution in [0.15, 0.2) is 60.8 Å². The maximum absolute atomic E-state index is 13.6. The zero-order valence-electron chi connectivity index (χ0n) is 16.2. The van der Waals surface area contributed by atoms with Crippen molar-refractivity contribution in [2.24, 2.45) is 0 Å². The minimum absolute atomic E-state index is 0.206. The van der Waals surface area contributed by atoms with Crippen LogP contribution in [0.5, 0.6) is 11.5 Å². The summed E-state index contributed by atoms with van der Waals surface area (Å²) in [4.78, 5) is 31.6. The number of carboxylic acid groups (broad SMARTS) is 1. The van der Waals surface area contributed by atoms with Gasteiger partial charge in [-0.2, -0.15) is 0 Å². The van der Waals surface area contributed by atoms with E-state index in [2.05, 4.69) is 4.98 Å². The molecule has 0 aliphatic carbocycles. The molecule has 8 heteroatoms. The number of rotatable bonds is 3. The van der Waals surface area contributed by atoms with Crippen molar-refractivity contribution in [3.05, 3.63) is 82.6 Å². The molecule has 2 aliphatic rings. The Morgan fingerprint density at radius 1 is 1.06 bits per heavy atom. The predicted molar refractivity (Wildman–Crippen MR) is 113 cm³/mol. The zero-order valence-corrected chi connectivity index (χ0v) is 17.0. The molecule has 1 aromatic heterocycles. The number of hydrogen-bond donors (Lipinski definition) is 1. The molecule has 2 aromatic carbocycles. The van der Waals surface area contributed by atoms with Crippen LogP contribution in [0.1, 0.15) is 33.4 Å². The van der Waals surface area contributed by atoms with Crippen LogP contribution < -0.4 is 14.4 Å². The van der Waals surface area contributed by atoms with Gasteiger partial charge in [-0.25, -0.2) is 4.98 Å². The van der Waals surface area contributed by atoms with Crippen molar-refractivity contribution in [1.82, 2.24) is 4.98 Å². The standard InChI is InChI=1S/C23H17ClN2O5/c24-19-12-14(7-8-25-19)26-21(13-5-6-17-18(11-13)31-10-9-30-17)20(23(28)29)15-3-1-2-4-16(15)22(26)27/h1-8,11-12,20-21H,9-10H2,(H,28,29). The molecule has 0 spiro atoms. The molecule has 5 rings (SSSR count). The van der Waals surface area contributed by atoms with Gasteiger partial charge in [0.1, 0.15) is 24.3 Å². The van der Waals surface area contributed by atoms with Gasteiger partial charge in [-0.3, -0.25) is 14.5 Å². The molecule has 156 valence electrons. The van der Waals surface area contributed by atoms with E-state index in [-0.39, 0.29) is 11.1 Å². The van der Waals surface area contributed by atoms with E-state index in [1.807, 2.05) is 0 Å². The van der Waals surface area contributed by atoms with E-state index in [4.69, 9.17) is 21.1 Å². The first-order valence-corrected chi connectivity index (χ1v) is 10.1. The molecule has 3 heterocycles. The Labute approximate surface area is 182 Å². The van der Waals surface area contributed by atoms with Gasteiger partial charge in [0.25, 0.3) is 5.91 Å². The van der Waals surface area contributed by atoms with Crippen molar-refractivity contribution in [3.8, 4) is 11.5 Å². The Kier molecular flexibility index (Phi) is 4.75. The summed E-state index contributed by atoms with van der Waals surface area (Å²) in [5.41, 5.74) is 1.89. The summed E-state index contributed by atoms with van der Waals surface area (Å²) in [6.07, 6.45) is 1.49. The summed E-state index contributed by atoms with van der Waals surface area (Å²) in [7, 11) is 0. The number of fused-ring (bicyclic) bond motifs is 2. The van der Waals surface area contributed by atoms with Crippen molar-refractivity contribution in [2.75, 3.05) is 18.1 Å². The van der Waals surface area contributed by atoms with Gasteiger partial charge in [-0.15, -0.1) is 0 Å². The molecule has 0 saturated carbocycles. The van der Waals surface area contributed by atoms with Gasteiger partial charge < -0.3 is 14.6 Å². The third kappa shape index (κ3) is 3.27. The molecule has 2 aliphatic heterocycles. The third-order valence-electron chi connectivity index (χ3n) is 5.50. The first-order chi connectivity index (χ1) is 15.0. The van der Waals surface area contributed by atoms with Crippen LogP contribution in [0, 0.1) is 0 Å². The highest BCUT2D eigenvalue weighted by Gasteiger charge is 2.45. The van der Waals surface area contributed by atoms with Crippen LogP contribution >= 0.6 is 11.6 Å². The minimum Gasteiger partial charge on any atom is -0.486 e. The summed E-state index contributed by atoms with van der Waals surface area (Å²) >= 11 is 6.10. The number of pyridine rings is 1. The van der Waals surface area contributed by atoms with Crippen LogP contribution in [0.3, 0.4) is 0 Å². The lowest BCUT2D eigenvalue weighted by atomic mass is 9.79. The van der Waals surface area contributed by atoms with E-state index in [0.29, 0.717) is 47.1 Å². The molecule has 0 saturated heterocycles. The molecule has 0 bridgehead atoms. The highest BCUT2D eigenvalue weighted by molar-refractivity contribution is 6.29. The lowest BCUT2D eigenvalue weighted by molar-refractivity contribution is -0.139. The molecule has 1 amide bonds. The number of amides is 1. The fraction of sp³-hybridized carbons (Fsp3) is 0.174. The van der Waals surface area contributed by atoms with E-state index < -0.39 is 17.9 Å². The largest absolute Gasteiger partial charge is 0.486 e. The fourth-order valence-corrected chi connectivity index (χ4v) is 4.38. The number of nitrogens with zero attached hydrogens (tertiary/aromatic N) is 2. The molecule has 0 radical (unpaired) electrons. The number of ether oxygens (including phenoxy) is 2. The van der Waals surface area contributed by atoms with E-state index in [1.165, 1.54) is 11.1 Å². The second-order valence-corrected chi connectivity index (χ2v) is 7.65. The van der Waals surface area contributed by atoms with E-state index >= 15 is 0 Å². The molecule has 2 atom stereocenters. The number of aromatic nitrogens is 1. The van der Waals surface area contributed by atoms with Gasteiger partial charge in [0, 0.05) is 17.4 Å². The van der Waals surface area contributed by atoms with Crippen LogP contribution in [0.25, 0.3) is 0 Å². The lowest BCUT2D eigenvalue weighted by Crippen LogP contribution is -2.45. The summed E-state index contributed by atoms with van der Waals surface area (Å²) in [5, 5.41) is 10.4. The van der Waals surface area contributed by atoms with Crippen LogP contribution in [0.2, 0.25) is 5.15 Å². The van der Waals surface area contributed by atoms with Crippen molar-refractivity contribution in [3.63, 3.8) is 0 Å². The van der Waals surface area contributed by atoms with Crippen molar-refractivity contribution < 1.29 is 24.2 Å². The number of halogens is 1. The minimum atomic E-state index is -1.04. The van der Waals surface area contributed by atoms with Gasteiger partial charge in [-0.05, 0) is 41.5 Å². The molecule has 2 unspecified atom stereocenters. The number of aliphatic carboxylic acids is 1. The maximum Gasteiger partial charge on any atom is 0.313 e. The quantitative estimate of drug-likeness (QED) is 0.622. The molecule has 31 heavy (non-hydrogen) atoms. The molecule has 1 N–H and O–H groups in total. The Balaban J connectivity index is 1.74. The zero-order chi connectivity index (χ0) is 21.5. The number of carboxylic acids is 1. The Hall–Kier alpha value is -3.58. The molecule has 7 nitrogen and oxygen atoms in total. The van der Waals surface area contributed by atoms with Crippen LogP contribution in [-0.2, 0) is 4.79 Å². The third-order valence-corrected chi connectivity index (χ3v) is 5.71. The van der Waals surface area contributed by atoms with Crippen molar-refractivity contribution in [2.45, 2.75) is 12.0 Å². The summed E-state index contributed by atoms with van der Waals surface area (Å²) in [6.45, 7) is 0.843. The number of carbonyl (C=O) groups is 2. The normalized spacial score (nSPS) is 19.6. The smallest absolute Gasteiger partial charge is 0.313 e. The second-order valence-electron chi connectivity index (χ2n) is 7.26. The maximum atomic E-state index is 13.6. The predicted octanol–water partition coefficient (Wildman–Crippen LogP) is 4.08. The Morgan fingerprint density at radius 2 is 1.84 bits per heavy atom. The van der Waals surface area contributed by atoms with E-state index in [9.17, 15) is 14.7 Å². The van der Waals surface area contributed by atoms with E-state index in [0.717, 1.165) is 0 Å². The van der Waals surface area contributed by atoms with Gasteiger partial charge in [0.15, 0.2) is 11.5 Å². The fourth-order valence-electron chi connectivity index (χ4n) is 4.21. The monoisotopic (exact) mass is 436 g/mol. The summed E-state index contributed by atoms with van der Waals surface area (Å²) < 4.78 is 11.3. The molecule has 3 aromatic rings. The van der Waals surface area contributed by atoms with Crippen LogP contribution in [0.4, 0.5) is 5.69 Å². The van der Waals surface area contributed by atoms with Crippen LogP contribution in [-0.4, -0.2) is 35.2 Å². The van der Waals surface area contributed by atoms with Gasteiger partial charge in [0.2, 0.25) is 0 Å². The average molecular weight is 437 g/mol. The summed E-state index contributed by atoms with van der Waals surface area (Å²) in [5.74, 6) is -1.24. The Morgan fingerprint density at radius 3 is 2.61 bits per heavy atom. The van der Waals surface area contributed by atoms with Gasteiger partial charge >= 0.3 is 5.97 Å². The average Bonchev–Trinajstić information content (AvgIpc) is 2.78. The SMILES string of the molecule is O=C(O)C1c2ccccc2C(=O)N(c2ccnc(Cl)c2)C1c1ccc2c(c1)OCCO2. The summed E-state index contributed by atoms with van der Waals surface area (Å²) in [6, 6.07) is 14.4. The topological polar surface area (TPSA) is 89.0 Å². The van der Waals surface area contributed by atoms with Gasteiger partial charge in [0.05, 0.1) is 6.04 Å². The van der Waals surface area contributed by atoms with Gasteiger partial charge in [-0.1, -0.05) is 35.9 Å². The second kappa shape index (κ2) is 7.59. The number of anilines is 1. The van der Waals surface area contributed by atoms with E-state index in [1.54, 1.807) is 54.6 Å². The number of carbonyl (C=O) groups excluding carboxylic acids is 1. The van der Waals surface area contributed by atoms with Crippen molar-refractivity contribution >= 4 is 29.2 Å².